The fourth-order valence-electron chi connectivity index (χ4n) is 2.72. The third kappa shape index (κ3) is 5.40. The number of likely N-dealkylation sites (tertiary alicyclic amines) is 1. The van der Waals surface area contributed by atoms with Gasteiger partial charge in [0.25, 0.3) is 5.69 Å². The monoisotopic (exact) mass is 370 g/mol. The van der Waals surface area contributed by atoms with Crippen molar-refractivity contribution in [1.29, 1.82) is 0 Å². The number of nitro groups is 1. The molecule has 0 spiro atoms. The maximum absolute atomic E-state index is 12.3. The van der Waals surface area contributed by atoms with Crippen molar-refractivity contribution < 1.29 is 18.1 Å². The molecular formula is C15H22N4O5S. The van der Waals surface area contributed by atoms with Crippen LogP contribution in [0, 0.1) is 10.1 Å². The number of hydrogen-bond acceptors (Lipinski definition) is 6. The number of nitro benzene ring substituents is 1. The Kier molecular flexibility index (Phi) is 5.96. The highest BCUT2D eigenvalue weighted by Gasteiger charge is 2.25. The molecule has 1 amide bonds. The molecule has 1 aliphatic heterocycles. The third-order valence-corrected chi connectivity index (χ3v) is 5.24. The Hall–Kier alpha value is -2.20. The van der Waals surface area contributed by atoms with Gasteiger partial charge in [0, 0.05) is 18.2 Å². The van der Waals surface area contributed by atoms with Crippen molar-refractivity contribution in [2.75, 3.05) is 37.2 Å². The summed E-state index contributed by atoms with van der Waals surface area (Å²) in [6, 6.07) is 5.24. The lowest BCUT2D eigenvalue weighted by Gasteiger charge is -2.30. The zero-order chi connectivity index (χ0) is 18.6. The molecule has 0 saturated carbocycles. The van der Waals surface area contributed by atoms with Crippen LogP contribution in [0.15, 0.2) is 24.3 Å². The number of nitrogens with one attached hydrogen (secondary N) is 1. The topological polar surface area (TPSA) is 113 Å². The van der Waals surface area contributed by atoms with Crippen molar-refractivity contribution in [3.63, 3.8) is 0 Å². The number of benzene rings is 1. The van der Waals surface area contributed by atoms with Crippen LogP contribution in [0.4, 0.5) is 11.4 Å². The average molecular weight is 370 g/mol. The molecule has 1 N–H and O–H groups in total. The normalized spacial score (nSPS) is 16.4. The summed E-state index contributed by atoms with van der Waals surface area (Å²) in [7, 11) is -1.76. The van der Waals surface area contributed by atoms with E-state index in [2.05, 4.69) is 10.2 Å². The first-order valence-electron chi connectivity index (χ1n) is 7.87. The van der Waals surface area contributed by atoms with Crippen molar-refractivity contribution in [3.05, 3.63) is 34.4 Å². The molecule has 1 aliphatic rings. The lowest BCUT2D eigenvalue weighted by atomic mass is 10.1. The van der Waals surface area contributed by atoms with Gasteiger partial charge in [-0.05, 0) is 39.0 Å². The van der Waals surface area contributed by atoms with Crippen molar-refractivity contribution in [2.45, 2.75) is 18.9 Å². The minimum absolute atomic E-state index is 0.00946. The lowest BCUT2D eigenvalue weighted by Crippen LogP contribution is -2.47. The summed E-state index contributed by atoms with van der Waals surface area (Å²) in [6.45, 7) is 1.32. The summed E-state index contributed by atoms with van der Waals surface area (Å²) in [5.74, 6) is -0.425. The van der Waals surface area contributed by atoms with Crippen LogP contribution in [-0.2, 0) is 14.8 Å². The fraction of sp³-hybridized carbons (Fsp3) is 0.533. The summed E-state index contributed by atoms with van der Waals surface area (Å²) in [4.78, 5) is 24.7. The van der Waals surface area contributed by atoms with Gasteiger partial charge in [0.15, 0.2) is 0 Å². The van der Waals surface area contributed by atoms with Crippen LogP contribution >= 0.6 is 0 Å². The van der Waals surface area contributed by atoms with Gasteiger partial charge < -0.3 is 10.2 Å². The number of non-ortho nitro benzene ring substituents is 1. The van der Waals surface area contributed by atoms with Crippen molar-refractivity contribution in [1.82, 2.24) is 10.2 Å². The van der Waals surface area contributed by atoms with Crippen LogP contribution in [0.3, 0.4) is 0 Å². The molecule has 0 aromatic heterocycles. The van der Waals surface area contributed by atoms with Crippen LogP contribution in [0.2, 0.25) is 0 Å². The number of nitrogens with zero attached hydrogens (tertiary/aromatic N) is 3. The summed E-state index contributed by atoms with van der Waals surface area (Å²) < 4.78 is 25.0. The van der Waals surface area contributed by atoms with Gasteiger partial charge in [-0.2, -0.15) is 0 Å². The molecule has 1 heterocycles. The van der Waals surface area contributed by atoms with E-state index in [-0.39, 0.29) is 17.4 Å². The van der Waals surface area contributed by atoms with Gasteiger partial charge in [0.1, 0.15) is 6.54 Å². The van der Waals surface area contributed by atoms with Gasteiger partial charge >= 0.3 is 0 Å². The van der Waals surface area contributed by atoms with E-state index >= 15 is 0 Å². The molecule has 0 aliphatic carbocycles. The first kappa shape index (κ1) is 19.1. The Balaban J connectivity index is 2.12. The Bertz CT molecular complexity index is 744. The van der Waals surface area contributed by atoms with Crippen LogP contribution in [0.1, 0.15) is 12.8 Å². The standard InChI is InChI=1S/C15H22N4O5S/c1-17-8-6-12(7-9-17)16-15(20)11-18(25(2,23)24)13-4-3-5-14(10-13)19(21)22/h3-5,10,12H,6-9,11H2,1-2H3,(H,16,20). The summed E-state index contributed by atoms with van der Waals surface area (Å²) in [5.41, 5.74) is -0.142. The second-order valence-electron chi connectivity index (χ2n) is 6.19. The highest BCUT2D eigenvalue weighted by molar-refractivity contribution is 7.92. The maximum Gasteiger partial charge on any atom is 0.271 e. The second-order valence-corrected chi connectivity index (χ2v) is 8.10. The molecule has 0 atom stereocenters. The molecular weight excluding hydrogens is 348 g/mol. The molecule has 0 radical (unpaired) electrons. The Labute approximate surface area is 146 Å². The van der Waals surface area contributed by atoms with E-state index in [1.165, 1.54) is 18.2 Å². The van der Waals surface area contributed by atoms with E-state index in [4.69, 9.17) is 0 Å². The molecule has 25 heavy (non-hydrogen) atoms. The van der Waals surface area contributed by atoms with E-state index in [1.54, 1.807) is 0 Å². The van der Waals surface area contributed by atoms with Crippen LogP contribution in [0.25, 0.3) is 0 Å². The van der Waals surface area contributed by atoms with Crippen molar-refractivity contribution in [3.8, 4) is 0 Å². The quantitative estimate of drug-likeness (QED) is 0.579. The SMILES string of the molecule is CN1CCC(NC(=O)CN(c2cccc([N+](=O)[O-])c2)S(C)(=O)=O)CC1. The van der Waals surface area contributed by atoms with Crippen LogP contribution in [0.5, 0.6) is 0 Å². The number of anilines is 1. The average Bonchev–Trinajstić information content (AvgIpc) is 2.54. The first-order chi connectivity index (χ1) is 11.7. The van der Waals surface area contributed by atoms with E-state index in [1.807, 2.05) is 7.05 Å². The Morgan fingerprint density at radius 1 is 1.40 bits per heavy atom. The maximum atomic E-state index is 12.3. The highest BCUT2D eigenvalue weighted by atomic mass is 32.2. The van der Waals surface area contributed by atoms with Crippen molar-refractivity contribution >= 4 is 27.3 Å². The van der Waals surface area contributed by atoms with Gasteiger partial charge in [-0.3, -0.25) is 19.2 Å². The molecule has 0 unspecified atom stereocenters. The zero-order valence-electron chi connectivity index (χ0n) is 14.2. The molecule has 1 aromatic rings. The van der Waals surface area contributed by atoms with Crippen LogP contribution in [-0.4, -0.2) is 63.1 Å². The number of amides is 1. The van der Waals surface area contributed by atoms with Gasteiger partial charge in [-0.1, -0.05) is 6.07 Å². The number of rotatable bonds is 6. The summed E-state index contributed by atoms with van der Waals surface area (Å²) >= 11 is 0. The summed E-state index contributed by atoms with van der Waals surface area (Å²) in [5, 5.41) is 13.7. The second kappa shape index (κ2) is 7.79. The van der Waals surface area contributed by atoms with Crippen molar-refractivity contribution in [2.24, 2.45) is 0 Å². The summed E-state index contributed by atoms with van der Waals surface area (Å²) in [6.07, 6.45) is 2.57. The molecule has 0 bridgehead atoms. The van der Waals surface area contributed by atoms with Gasteiger partial charge in [0.05, 0.1) is 16.9 Å². The molecule has 9 nitrogen and oxygen atoms in total. The molecule has 10 heteroatoms. The predicted molar refractivity (Wildman–Crippen MR) is 93.9 cm³/mol. The Morgan fingerprint density at radius 3 is 2.60 bits per heavy atom. The van der Waals surface area contributed by atoms with Crippen LogP contribution < -0.4 is 9.62 Å². The molecule has 2 rings (SSSR count). The first-order valence-corrected chi connectivity index (χ1v) is 9.71. The smallest absolute Gasteiger partial charge is 0.271 e. The molecule has 1 fully saturated rings. The largest absolute Gasteiger partial charge is 0.352 e. The van der Waals surface area contributed by atoms with E-state index in [0.717, 1.165) is 42.6 Å². The van der Waals surface area contributed by atoms with E-state index in [9.17, 15) is 23.3 Å². The van der Waals surface area contributed by atoms with Gasteiger partial charge in [-0.15, -0.1) is 0 Å². The minimum atomic E-state index is -3.76. The van der Waals surface area contributed by atoms with E-state index < -0.39 is 27.4 Å². The third-order valence-electron chi connectivity index (χ3n) is 4.10. The minimum Gasteiger partial charge on any atom is -0.352 e. The zero-order valence-corrected chi connectivity index (χ0v) is 15.0. The molecule has 1 aromatic carbocycles. The highest BCUT2D eigenvalue weighted by Crippen LogP contribution is 2.23. The molecule has 138 valence electrons. The number of piperidine rings is 1. The van der Waals surface area contributed by atoms with Gasteiger partial charge in [-0.25, -0.2) is 8.42 Å². The molecule has 1 saturated heterocycles. The number of carbonyl (C=O) groups is 1. The fourth-order valence-corrected chi connectivity index (χ4v) is 3.57. The lowest BCUT2D eigenvalue weighted by molar-refractivity contribution is -0.384. The van der Waals surface area contributed by atoms with Gasteiger partial charge in [0.2, 0.25) is 15.9 Å². The number of carbonyl (C=O) groups excluding carboxylic acids is 1. The Morgan fingerprint density at radius 2 is 2.04 bits per heavy atom. The predicted octanol–water partition coefficient (Wildman–Crippen LogP) is 0.571. The number of hydrogen-bond donors (Lipinski definition) is 1. The number of sulfonamides is 1. The van der Waals surface area contributed by atoms with E-state index in [0.29, 0.717) is 0 Å².